The number of aryl methyl sites for hydroxylation is 1. The minimum absolute atomic E-state index is 0.485. The van der Waals surface area contributed by atoms with Gasteiger partial charge in [0.15, 0.2) is 0 Å². The van der Waals surface area contributed by atoms with E-state index in [0.717, 1.165) is 51.4 Å². The number of fused-ring (bicyclic) bond motifs is 1. The van der Waals surface area contributed by atoms with Crippen LogP contribution in [0.5, 0.6) is 5.75 Å². The highest BCUT2D eigenvalue weighted by Gasteiger charge is 2.27. The van der Waals surface area contributed by atoms with Crippen molar-refractivity contribution in [3.05, 3.63) is 53.3 Å². The number of nitrogens with zero attached hydrogens (tertiary/aromatic N) is 3. The normalized spacial score (nSPS) is 17.5. The Kier molecular flexibility index (Phi) is 6.38. The van der Waals surface area contributed by atoms with E-state index in [1.807, 2.05) is 0 Å². The second kappa shape index (κ2) is 8.74. The van der Waals surface area contributed by atoms with Crippen molar-refractivity contribution in [1.82, 2.24) is 14.4 Å². The first kappa shape index (κ1) is 19.0. The average Bonchev–Trinajstić information content (AvgIpc) is 3.01. The van der Waals surface area contributed by atoms with E-state index in [0.29, 0.717) is 6.04 Å². The van der Waals surface area contributed by atoms with E-state index in [2.05, 4.69) is 78.7 Å². The lowest BCUT2D eigenvalue weighted by Crippen LogP contribution is -2.37. The smallest absolute Gasteiger partial charge is 0.123 e. The molecule has 0 fully saturated rings. The van der Waals surface area contributed by atoms with Gasteiger partial charge in [-0.05, 0) is 52.1 Å². The molecule has 1 atom stereocenters. The van der Waals surface area contributed by atoms with Crippen molar-refractivity contribution < 1.29 is 4.74 Å². The molecule has 0 spiro atoms. The second-order valence-electron chi connectivity index (χ2n) is 7.56. The van der Waals surface area contributed by atoms with Gasteiger partial charge in [0, 0.05) is 43.1 Å². The molecular weight excluding hydrogens is 322 g/mol. The summed E-state index contributed by atoms with van der Waals surface area (Å²) in [6.07, 6.45) is 2.19. The lowest BCUT2D eigenvalue weighted by molar-refractivity contribution is 0.141. The van der Waals surface area contributed by atoms with Gasteiger partial charge < -0.3 is 14.2 Å². The van der Waals surface area contributed by atoms with Crippen molar-refractivity contribution in [2.75, 3.05) is 33.8 Å². The maximum Gasteiger partial charge on any atom is 0.123 e. The molecule has 142 valence electrons. The third-order valence-electron chi connectivity index (χ3n) is 5.37. The van der Waals surface area contributed by atoms with Crippen LogP contribution in [-0.2, 0) is 13.1 Å². The Morgan fingerprint density at radius 1 is 1.12 bits per heavy atom. The molecule has 1 aliphatic rings. The number of ether oxygens (including phenoxy) is 1. The minimum Gasteiger partial charge on any atom is -0.493 e. The summed E-state index contributed by atoms with van der Waals surface area (Å²) >= 11 is 0. The molecule has 1 aliphatic heterocycles. The lowest BCUT2D eigenvalue weighted by Gasteiger charge is -2.37. The summed E-state index contributed by atoms with van der Waals surface area (Å²) in [6, 6.07) is 13.6. The Labute approximate surface area is 158 Å². The summed E-state index contributed by atoms with van der Waals surface area (Å²) < 4.78 is 8.59. The molecule has 3 rings (SSSR count). The fourth-order valence-electron chi connectivity index (χ4n) is 3.97. The van der Waals surface area contributed by atoms with E-state index in [4.69, 9.17) is 4.74 Å². The number of benzene rings is 1. The Hall–Kier alpha value is -1.78. The zero-order chi connectivity index (χ0) is 18.5. The maximum absolute atomic E-state index is 6.11. The molecule has 0 saturated carbocycles. The Morgan fingerprint density at radius 2 is 1.92 bits per heavy atom. The van der Waals surface area contributed by atoms with Crippen LogP contribution in [0.4, 0.5) is 0 Å². The van der Waals surface area contributed by atoms with E-state index in [-0.39, 0.29) is 0 Å². The van der Waals surface area contributed by atoms with Gasteiger partial charge in [-0.2, -0.15) is 0 Å². The van der Waals surface area contributed by atoms with Crippen LogP contribution in [0.2, 0.25) is 0 Å². The zero-order valence-electron chi connectivity index (χ0n) is 16.7. The summed E-state index contributed by atoms with van der Waals surface area (Å²) in [5, 5.41) is 0. The van der Waals surface area contributed by atoms with Crippen LogP contribution >= 0.6 is 0 Å². The third kappa shape index (κ3) is 4.30. The molecule has 1 aromatic heterocycles. The summed E-state index contributed by atoms with van der Waals surface area (Å²) in [5.74, 6) is 1.04. The summed E-state index contributed by atoms with van der Waals surface area (Å²) in [7, 11) is 4.21. The van der Waals surface area contributed by atoms with Gasteiger partial charge in [0.05, 0.1) is 12.6 Å². The molecule has 0 aliphatic carbocycles. The van der Waals surface area contributed by atoms with Crippen molar-refractivity contribution >= 4 is 0 Å². The highest BCUT2D eigenvalue weighted by molar-refractivity contribution is 5.33. The van der Waals surface area contributed by atoms with Gasteiger partial charge in [-0.3, -0.25) is 4.90 Å². The minimum atomic E-state index is 0.485. The second-order valence-corrected chi connectivity index (χ2v) is 7.56. The molecule has 0 amide bonds. The summed E-state index contributed by atoms with van der Waals surface area (Å²) in [5.41, 5.74) is 4.14. The van der Waals surface area contributed by atoms with Crippen LogP contribution in [0.1, 0.15) is 42.8 Å². The number of hydrogen-bond acceptors (Lipinski definition) is 3. The van der Waals surface area contributed by atoms with Crippen molar-refractivity contribution in [2.24, 2.45) is 0 Å². The van der Waals surface area contributed by atoms with E-state index < -0.39 is 0 Å². The first-order valence-corrected chi connectivity index (χ1v) is 9.85. The Bertz CT molecular complexity index is 707. The van der Waals surface area contributed by atoms with Crippen LogP contribution in [0.25, 0.3) is 0 Å². The van der Waals surface area contributed by atoms with Crippen molar-refractivity contribution in [2.45, 2.75) is 45.8 Å². The van der Waals surface area contributed by atoms with Crippen molar-refractivity contribution in [3.63, 3.8) is 0 Å². The highest BCUT2D eigenvalue weighted by Crippen LogP contribution is 2.32. The number of aromatic nitrogens is 1. The molecule has 2 heterocycles. The predicted octanol–water partition coefficient (Wildman–Crippen LogP) is 4.09. The standard InChI is InChI=1S/C22H33N3O/c1-5-20-21-12-11-18(2)25(21)15-14-24(20)17-19-9-6-7-10-22(19)26-16-8-13-23(3)4/h6-7,9-12,20H,5,8,13-17H2,1-4H3. The number of para-hydroxylation sites is 1. The summed E-state index contributed by atoms with van der Waals surface area (Å²) in [4.78, 5) is 4.81. The van der Waals surface area contributed by atoms with Gasteiger partial charge in [-0.1, -0.05) is 25.1 Å². The molecule has 0 saturated heterocycles. The first-order chi connectivity index (χ1) is 12.6. The van der Waals surface area contributed by atoms with Gasteiger partial charge in [0.25, 0.3) is 0 Å². The molecular formula is C22H33N3O. The monoisotopic (exact) mass is 355 g/mol. The molecule has 4 heteroatoms. The first-order valence-electron chi connectivity index (χ1n) is 9.85. The lowest BCUT2D eigenvalue weighted by atomic mass is 10.0. The Balaban J connectivity index is 1.69. The zero-order valence-corrected chi connectivity index (χ0v) is 16.7. The van der Waals surface area contributed by atoms with Gasteiger partial charge in [0.2, 0.25) is 0 Å². The van der Waals surface area contributed by atoms with Crippen LogP contribution in [-0.4, -0.2) is 48.2 Å². The van der Waals surface area contributed by atoms with Crippen molar-refractivity contribution in [1.29, 1.82) is 0 Å². The predicted molar refractivity (Wildman–Crippen MR) is 108 cm³/mol. The van der Waals surface area contributed by atoms with E-state index in [9.17, 15) is 0 Å². The summed E-state index contributed by atoms with van der Waals surface area (Å²) in [6.45, 7) is 9.46. The van der Waals surface area contributed by atoms with E-state index >= 15 is 0 Å². The van der Waals surface area contributed by atoms with Crippen molar-refractivity contribution in [3.8, 4) is 5.75 Å². The SMILES string of the molecule is CCC1c2ccc(C)n2CCN1Cc1ccccc1OCCCN(C)C. The van der Waals surface area contributed by atoms with Crippen LogP contribution in [0.3, 0.4) is 0 Å². The number of hydrogen-bond donors (Lipinski definition) is 0. The van der Waals surface area contributed by atoms with Gasteiger partial charge in [-0.25, -0.2) is 0 Å². The highest BCUT2D eigenvalue weighted by atomic mass is 16.5. The molecule has 1 unspecified atom stereocenters. The largest absolute Gasteiger partial charge is 0.493 e. The van der Waals surface area contributed by atoms with E-state index in [1.54, 1.807) is 0 Å². The fourth-order valence-corrected chi connectivity index (χ4v) is 3.97. The van der Waals surface area contributed by atoms with Gasteiger partial charge >= 0.3 is 0 Å². The molecule has 2 aromatic rings. The quantitative estimate of drug-likeness (QED) is 0.665. The molecule has 26 heavy (non-hydrogen) atoms. The maximum atomic E-state index is 6.11. The molecule has 0 radical (unpaired) electrons. The topological polar surface area (TPSA) is 20.6 Å². The van der Waals surface area contributed by atoms with E-state index in [1.165, 1.54) is 17.0 Å². The molecule has 0 bridgehead atoms. The molecule has 4 nitrogen and oxygen atoms in total. The molecule has 0 N–H and O–H groups in total. The van der Waals surface area contributed by atoms with Crippen LogP contribution < -0.4 is 4.74 Å². The van der Waals surface area contributed by atoms with Crippen LogP contribution in [0.15, 0.2) is 36.4 Å². The fraction of sp³-hybridized carbons (Fsp3) is 0.545. The number of rotatable bonds is 8. The van der Waals surface area contributed by atoms with Gasteiger partial charge in [-0.15, -0.1) is 0 Å². The Morgan fingerprint density at radius 3 is 2.69 bits per heavy atom. The van der Waals surface area contributed by atoms with Gasteiger partial charge in [0.1, 0.15) is 5.75 Å². The average molecular weight is 356 g/mol. The molecule has 1 aromatic carbocycles. The van der Waals surface area contributed by atoms with Crippen LogP contribution in [0, 0.1) is 6.92 Å². The third-order valence-corrected chi connectivity index (χ3v) is 5.37.